The van der Waals surface area contributed by atoms with Gasteiger partial charge in [-0.25, -0.2) is 0 Å². The number of hydrogen-bond acceptors (Lipinski definition) is 6. The van der Waals surface area contributed by atoms with E-state index in [1.807, 2.05) is 30.3 Å². The third-order valence-corrected chi connectivity index (χ3v) is 6.18. The van der Waals surface area contributed by atoms with Crippen LogP contribution in [-0.4, -0.2) is 53.1 Å². The number of anilines is 1. The Balaban J connectivity index is 1.28. The SMILES string of the molecule is CC(C)Oc1cccc(CCN2CCN(c3nc(-c4ccc(Cl)cc4)ns3)CC2)c1. The van der Waals surface area contributed by atoms with Crippen molar-refractivity contribution in [3.05, 3.63) is 59.1 Å². The number of hydrogen-bond donors (Lipinski definition) is 0. The summed E-state index contributed by atoms with van der Waals surface area (Å²) in [5.41, 5.74) is 2.33. The lowest BCUT2D eigenvalue weighted by Crippen LogP contribution is -2.47. The fraction of sp³-hybridized carbons (Fsp3) is 0.391. The van der Waals surface area contributed by atoms with Crippen LogP contribution in [0.25, 0.3) is 11.4 Å². The van der Waals surface area contributed by atoms with Crippen LogP contribution in [0.4, 0.5) is 5.13 Å². The van der Waals surface area contributed by atoms with Crippen molar-refractivity contribution in [1.82, 2.24) is 14.3 Å². The first-order valence-electron chi connectivity index (χ1n) is 10.4. The molecule has 0 amide bonds. The van der Waals surface area contributed by atoms with Crippen LogP contribution < -0.4 is 9.64 Å². The summed E-state index contributed by atoms with van der Waals surface area (Å²) >= 11 is 7.45. The van der Waals surface area contributed by atoms with Gasteiger partial charge in [0.25, 0.3) is 0 Å². The van der Waals surface area contributed by atoms with Gasteiger partial charge in [-0.15, -0.1) is 0 Å². The molecule has 3 aromatic rings. The molecule has 2 heterocycles. The Morgan fingerprint density at radius 2 is 1.83 bits per heavy atom. The molecule has 1 aromatic heterocycles. The molecule has 1 saturated heterocycles. The van der Waals surface area contributed by atoms with Crippen LogP contribution in [0.15, 0.2) is 48.5 Å². The average molecular weight is 443 g/mol. The highest BCUT2D eigenvalue weighted by Crippen LogP contribution is 2.26. The lowest BCUT2D eigenvalue weighted by molar-refractivity contribution is 0.241. The Bertz CT molecular complexity index is 952. The minimum Gasteiger partial charge on any atom is -0.491 e. The van der Waals surface area contributed by atoms with Crippen molar-refractivity contribution in [1.29, 1.82) is 0 Å². The van der Waals surface area contributed by atoms with Gasteiger partial charge in [0.2, 0.25) is 5.13 Å². The predicted octanol–water partition coefficient (Wildman–Crippen LogP) is 5.01. The van der Waals surface area contributed by atoms with E-state index in [4.69, 9.17) is 21.3 Å². The molecule has 0 atom stereocenters. The van der Waals surface area contributed by atoms with Gasteiger partial charge in [-0.3, -0.25) is 4.90 Å². The maximum atomic E-state index is 5.97. The van der Waals surface area contributed by atoms with Crippen molar-refractivity contribution < 1.29 is 4.74 Å². The van der Waals surface area contributed by atoms with Gasteiger partial charge < -0.3 is 9.64 Å². The van der Waals surface area contributed by atoms with Crippen LogP contribution in [0.1, 0.15) is 19.4 Å². The van der Waals surface area contributed by atoms with Crippen molar-refractivity contribution >= 4 is 28.3 Å². The Morgan fingerprint density at radius 1 is 1.07 bits per heavy atom. The van der Waals surface area contributed by atoms with Crippen molar-refractivity contribution in [3.63, 3.8) is 0 Å². The molecular weight excluding hydrogens is 416 g/mol. The summed E-state index contributed by atoms with van der Waals surface area (Å²) in [6, 6.07) is 16.1. The molecule has 1 aliphatic rings. The molecule has 30 heavy (non-hydrogen) atoms. The number of piperazine rings is 1. The highest BCUT2D eigenvalue weighted by Gasteiger charge is 2.20. The van der Waals surface area contributed by atoms with E-state index in [1.165, 1.54) is 17.1 Å². The first-order chi connectivity index (χ1) is 14.6. The van der Waals surface area contributed by atoms with Crippen LogP contribution in [0.5, 0.6) is 5.75 Å². The van der Waals surface area contributed by atoms with E-state index in [2.05, 4.69) is 46.2 Å². The highest BCUT2D eigenvalue weighted by molar-refractivity contribution is 7.09. The summed E-state index contributed by atoms with van der Waals surface area (Å²) in [5.74, 6) is 1.73. The Hall–Kier alpha value is -2.15. The molecule has 5 nitrogen and oxygen atoms in total. The topological polar surface area (TPSA) is 41.5 Å². The quantitative estimate of drug-likeness (QED) is 0.514. The molecule has 7 heteroatoms. The number of ether oxygens (including phenoxy) is 1. The van der Waals surface area contributed by atoms with Gasteiger partial charge in [0.05, 0.1) is 6.10 Å². The van der Waals surface area contributed by atoms with Gasteiger partial charge in [-0.05, 0) is 62.2 Å². The van der Waals surface area contributed by atoms with Crippen LogP contribution in [0, 0.1) is 0 Å². The summed E-state index contributed by atoms with van der Waals surface area (Å²) in [4.78, 5) is 9.60. The van der Waals surface area contributed by atoms with E-state index in [9.17, 15) is 0 Å². The second kappa shape index (κ2) is 9.77. The summed E-state index contributed by atoms with van der Waals surface area (Å²) in [5, 5.41) is 1.72. The van der Waals surface area contributed by atoms with Crippen LogP contribution >= 0.6 is 23.1 Å². The molecular formula is C23H27ClN4OS. The van der Waals surface area contributed by atoms with Gasteiger partial charge in [0.15, 0.2) is 5.82 Å². The van der Waals surface area contributed by atoms with Gasteiger partial charge >= 0.3 is 0 Å². The zero-order valence-corrected chi connectivity index (χ0v) is 19.0. The lowest BCUT2D eigenvalue weighted by atomic mass is 10.1. The standard InChI is InChI=1S/C23H27ClN4OS/c1-17(2)29-21-5-3-4-18(16-21)10-11-27-12-14-28(15-13-27)23-25-22(26-30-23)19-6-8-20(24)9-7-19/h3-9,16-17H,10-15H2,1-2H3. The zero-order chi connectivity index (χ0) is 20.9. The average Bonchev–Trinajstić information content (AvgIpc) is 3.23. The van der Waals surface area contributed by atoms with Crippen molar-refractivity contribution in [2.45, 2.75) is 26.4 Å². The number of benzene rings is 2. The third-order valence-electron chi connectivity index (χ3n) is 5.15. The van der Waals surface area contributed by atoms with E-state index in [0.29, 0.717) is 0 Å². The van der Waals surface area contributed by atoms with Crippen LogP contribution in [0.2, 0.25) is 5.02 Å². The summed E-state index contributed by atoms with van der Waals surface area (Å²) in [6.45, 7) is 9.21. The summed E-state index contributed by atoms with van der Waals surface area (Å²) in [7, 11) is 0. The van der Waals surface area contributed by atoms with Gasteiger partial charge in [-0.1, -0.05) is 23.7 Å². The first kappa shape index (κ1) is 21.1. The minimum absolute atomic E-state index is 0.203. The van der Waals surface area contributed by atoms with Gasteiger partial charge in [0, 0.05) is 54.8 Å². The van der Waals surface area contributed by atoms with Crippen molar-refractivity contribution in [2.75, 3.05) is 37.6 Å². The molecule has 0 spiro atoms. The molecule has 0 aliphatic carbocycles. The van der Waals surface area contributed by atoms with E-state index >= 15 is 0 Å². The maximum Gasteiger partial charge on any atom is 0.205 e. The van der Waals surface area contributed by atoms with Crippen molar-refractivity contribution in [2.24, 2.45) is 0 Å². The van der Waals surface area contributed by atoms with Crippen LogP contribution in [0.3, 0.4) is 0 Å². The molecule has 0 saturated carbocycles. The van der Waals surface area contributed by atoms with E-state index in [0.717, 1.165) is 66.4 Å². The lowest BCUT2D eigenvalue weighted by Gasteiger charge is -2.34. The largest absolute Gasteiger partial charge is 0.491 e. The fourth-order valence-electron chi connectivity index (χ4n) is 3.56. The molecule has 4 rings (SSSR count). The summed E-state index contributed by atoms with van der Waals surface area (Å²) in [6.07, 6.45) is 1.24. The molecule has 2 aromatic carbocycles. The molecule has 1 fully saturated rings. The number of rotatable bonds is 7. The summed E-state index contributed by atoms with van der Waals surface area (Å²) < 4.78 is 10.3. The van der Waals surface area contributed by atoms with Crippen molar-refractivity contribution in [3.8, 4) is 17.1 Å². The number of aromatic nitrogens is 2. The molecule has 0 N–H and O–H groups in total. The highest BCUT2D eigenvalue weighted by atomic mass is 35.5. The zero-order valence-electron chi connectivity index (χ0n) is 17.4. The van der Waals surface area contributed by atoms with Gasteiger partial charge in [-0.2, -0.15) is 9.36 Å². The normalized spacial score (nSPS) is 15.0. The Labute approximate surface area is 187 Å². The molecule has 0 radical (unpaired) electrons. The predicted molar refractivity (Wildman–Crippen MR) is 125 cm³/mol. The second-order valence-corrected chi connectivity index (χ2v) is 8.97. The third kappa shape index (κ3) is 5.50. The molecule has 1 aliphatic heterocycles. The van der Waals surface area contributed by atoms with E-state index < -0.39 is 0 Å². The van der Waals surface area contributed by atoms with Gasteiger partial charge in [0.1, 0.15) is 5.75 Å². The number of nitrogens with zero attached hydrogens (tertiary/aromatic N) is 4. The van der Waals surface area contributed by atoms with E-state index in [1.54, 1.807) is 0 Å². The minimum atomic E-state index is 0.203. The first-order valence-corrected chi connectivity index (χ1v) is 11.5. The smallest absolute Gasteiger partial charge is 0.205 e. The fourth-order valence-corrected chi connectivity index (χ4v) is 4.42. The second-order valence-electron chi connectivity index (χ2n) is 7.80. The Morgan fingerprint density at radius 3 is 2.57 bits per heavy atom. The monoisotopic (exact) mass is 442 g/mol. The van der Waals surface area contributed by atoms with E-state index in [-0.39, 0.29) is 6.10 Å². The maximum absolute atomic E-state index is 5.97. The Kier molecular flexibility index (Phi) is 6.87. The molecule has 0 unspecified atom stereocenters. The molecule has 158 valence electrons. The molecule has 0 bridgehead atoms. The van der Waals surface area contributed by atoms with Crippen LogP contribution in [-0.2, 0) is 6.42 Å². The number of halogens is 1.